The van der Waals surface area contributed by atoms with Crippen LogP contribution in [0.25, 0.3) is 0 Å². The van der Waals surface area contributed by atoms with E-state index >= 15 is 0 Å². The van der Waals surface area contributed by atoms with Crippen molar-refractivity contribution in [1.82, 2.24) is 10.2 Å². The molecule has 0 aromatic heterocycles. The zero-order valence-corrected chi connectivity index (χ0v) is 13.4. The first kappa shape index (κ1) is 16.4. The van der Waals surface area contributed by atoms with Crippen molar-refractivity contribution in [2.75, 3.05) is 13.1 Å². The second-order valence-corrected chi connectivity index (χ2v) is 6.86. The minimum Gasteiger partial charge on any atom is -0.309 e. The lowest BCUT2D eigenvalue weighted by Crippen LogP contribution is -2.62. The van der Waals surface area contributed by atoms with Gasteiger partial charge < -0.3 is 5.32 Å². The molecule has 1 fully saturated rings. The summed E-state index contributed by atoms with van der Waals surface area (Å²) in [5.74, 6) is -0.429. The molecule has 0 spiro atoms. The van der Waals surface area contributed by atoms with Gasteiger partial charge in [-0.15, -0.1) is 0 Å². The Bertz CT molecular complexity index is 488. The molecule has 1 saturated heterocycles. The molecular formula is C17H26F2N2. The van der Waals surface area contributed by atoms with Crippen molar-refractivity contribution in [3.63, 3.8) is 0 Å². The molecule has 1 aliphatic rings. The van der Waals surface area contributed by atoms with E-state index in [4.69, 9.17) is 0 Å². The van der Waals surface area contributed by atoms with E-state index in [1.54, 1.807) is 6.07 Å². The summed E-state index contributed by atoms with van der Waals surface area (Å²) in [4.78, 5) is 2.33. The summed E-state index contributed by atoms with van der Waals surface area (Å²) in [7, 11) is 0. The third-order valence-corrected chi connectivity index (χ3v) is 4.55. The Kier molecular flexibility index (Phi) is 4.99. The summed E-state index contributed by atoms with van der Waals surface area (Å²) in [5, 5.41) is 3.57. The van der Waals surface area contributed by atoms with Crippen LogP contribution in [-0.2, 0) is 6.54 Å². The van der Waals surface area contributed by atoms with E-state index in [1.165, 1.54) is 6.07 Å². The highest BCUT2D eigenvalue weighted by Crippen LogP contribution is 2.25. The third kappa shape index (κ3) is 4.01. The van der Waals surface area contributed by atoms with Gasteiger partial charge in [0.05, 0.1) is 0 Å². The van der Waals surface area contributed by atoms with Crippen LogP contribution >= 0.6 is 0 Å². The third-order valence-electron chi connectivity index (χ3n) is 4.55. The van der Waals surface area contributed by atoms with Gasteiger partial charge in [-0.05, 0) is 25.8 Å². The maximum absolute atomic E-state index is 13.9. The largest absolute Gasteiger partial charge is 0.309 e. The van der Waals surface area contributed by atoms with Crippen LogP contribution < -0.4 is 5.32 Å². The minimum absolute atomic E-state index is 0.0144. The molecule has 0 saturated carbocycles. The van der Waals surface area contributed by atoms with Crippen LogP contribution in [0.4, 0.5) is 8.78 Å². The zero-order valence-electron chi connectivity index (χ0n) is 13.4. The number of nitrogens with one attached hydrogen (secondary N) is 1. The highest BCUT2D eigenvalue weighted by atomic mass is 19.1. The van der Waals surface area contributed by atoms with Crippen LogP contribution in [0.5, 0.6) is 0 Å². The van der Waals surface area contributed by atoms with E-state index < -0.39 is 11.6 Å². The van der Waals surface area contributed by atoms with Gasteiger partial charge in [0.1, 0.15) is 11.6 Å². The van der Waals surface area contributed by atoms with Crippen molar-refractivity contribution in [3.8, 4) is 0 Å². The predicted octanol–water partition coefficient (Wildman–Crippen LogP) is 3.56. The standard InChI is InChI=1S/C17H26F2N2/c1-5-12(2)16-9-20-17(3,4)11-21(16)10-13-6-7-14(18)8-15(13)19/h6-8,12,16,20H,5,9-11H2,1-4H3. The van der Waals surface area contributed by atoms with Gasteiger partial charge in [0.25, 0.3) is 0 Å². The Morgan fingerprint density at radius 1 is 1.38 bits per heavy atom. The van der Waals surface area contributed by atoms with Crippen LogP contribution in [0.3, 0.4) is 0 Å². The van der Waals surface area contributed by atoms with Crippen LogP contribution in [0, 0.1) is 17.6 Å². The first-order valence-corrected chi connectivity index (χ1v) is 7.75. The van der Waals surface area contributed by atoms with Gasteiger partial charge in [-0.1, -0.05) is 26.3 Å². The molecule has 1 heterocycles. The van der Waals surface area contributed by atoms with E-state index in [0.717, 1.165) is 25.6 Å². The van der Waals surface area contributed by atoms with Gasteiger partial charge in [-0.25, -0.2) is 8.78 Å². The molecule has 2 unspecified atom stereocenters. The van der Waals surface area contributed by atoms with Crippen molar-refractivity contribution in [3.05, 3.63) is 35.4 Å². The first-order valence-electron chi connectivity index (χ1n) is 7.75. The second kappa shape index (κ2) is 6.41. The summed E-state index contributed by atoms with van der Waals surface area (Å²) in [6.45, 7) is 11.0. The molecule has 21 heavy (non-hydrogen) atoms. The highest BCUT2D eigenvalue weighted by molar-refractivity contribution is 5.19. The lowest BCUT2D eigenvalue weighted by Gasteiger charge is -2.47. The predicted molar refractivity (Wildman–Crippen MR) is 82.1 cm³/mol. The molecule has 0 radical (unpaired) electrons. The van der Waals surface area contributed by atoms with Crippen molar-refractivity contribution >= 4 is 0 Å². The molecule has 4 heteroatoms. The smallest absolute Gasteiger partial charge is 0.130 e. The van der Waals surface area contributed by atoms with Gasteiger partial charge in [0.2, 0.25) is 0 Å². The van der Waals surface area contributed by atoms with Gasteiger partial charge in [0.15, 0.2) is 0 Å². The van der Waals surface area contributed by atoms with Crippen molar-refractivity contribution < 1.29 is 8.78 Å². The van der Waals surface area contributed by atoms with Crippen molar-refractivity contribution in [2.24, 2.45) is 5.92 Å². The number of nitrogens with zero attached hydrogens (tertiary/aromatic N) is 1. The summed E-state index contributed by atoms with van der Waals surface area (Å²) >= 11 is 0. The molecule has 1 N–H and O–H groups in total. The normalized spacial score (nSPS) is 24.0. The first-order chi connectivity index (χ1) is 9.82. The fourth-order valence-corrected chi connectivity index (χ4v) is 3.07. The lowest BCUT2D eigenvalue weighted by molar-refractivity contribution is 0.0562. The van der Waals surface area contributed by atoms with Crippen LogP contribution in [0.15, 0.2) is 18.2 Å². The Labute approximate surface area is 126 Å². The summed E-state index contributed by atoms with van der Waals surface area (Å²) in [6.07, 6.45) is 1.09. The molecule has 2 atom stereocenters. The lowest BCUT2D eigenvalue weighted by atomic mass is 9.90. The molecule has 0 bridgehead atoms. The number of rotatable bonds is 4. The van der Waals surface area contributed by atoms with Gasteiger partial charge in [0, 0.05) is 42.8 Å². The van der Waals surface area contributed by atoms with Crippen LogP contribution in [-0.4, -0.2) is 29.6 Å². The molecule has 0 amide bonds. The molecule has 1 aromatic rings. The number of hydrogen-bond donors (Lipinski definition) is 1. The SMILES string of the molecule is CCC(C)C1CNC(C)(C)CN1Cc1ccc(F)cc1F. The molecular weight excluding hydrogens is 270 g/mol. The fourth-order valence-electron chi connectivity index (χ4n) is 3.07. The number of benzene rings is 1. The number of piperazine rings is 1. The number of hydrogen-bond acceptors (Lipinski definition) is 2. The van der Waals surface area contributed by atoms with E-state index in [2.05, 4.69) is 37.9 Å². The van der Waals surface area contributed by atoms with E-state index in [1.807, 2.05) is 0 Å². The van der Waals surface area contributed by atoms with E-state index in [-0.39, 0.29) is 5.54 Å². The molecule has 2 nitrogen and oxygen atoms in total. The average Bonchev–Trinajstić information content (AvgIpc) is 2.40. The van der Waals surface area contributed by atoms with Gasteiger partial charge >= 0.3 is 0 Å². The summed E-state index contributed by atoms with van der Waals surface area (Å²) in [5.41, 5.74) is 0.586. The van der Waals surface area contributed by atoms with Crippen LogP contribution in [0.2, 0.25) is 0 Å². The Hall–Kier alpha value is -1.00. The van der Waals surface area contributed by atoms with E-state index in [9.17, 15) is 8.78 Å². The second-order valence-electron chi connectivity index (χ2n) is 6.86. The van der Waals surface area contributed by atoms with Gasteiger partial charge in [-0.3, -0.25) is 4.90 Å². The zero-order chi connectivity index (χ0) is 15.6. The Balaban J connectivity index is 2.19. The molecule has 118 valence electrons. The van der Waals surface area contributed by atoms with Crippen molar-refractivity contribution in [2.45, 2.75) is 52.2 Å². The summed E-state index contributed by atoms with van der Waals surface area (Å²) in [6, 6.07) is 4.26. The maximum Gasteiger partial charge on any atom is 0.130 e. The Morgan fingerprint density at radius 3 is 2.71 bits per heavy atom. The Morgan fingerprint density at radius 2 is 2.10 bits per heavy atom. The summed E-state index contributed by atoms with van der Waals surface area (Å²) < 4.78 is 27.0. The molecule has 1 aliphatic heterocycles. The van der Waals surface area contributed by atoms with Crippen molar-refractivity contribution in [1.29, 1.82) is 0 Å². The topological polar surface area (TPSA) is 15.3 Å². The minimum atomic E-state index is -0.518. The average molecular weight is 296 g/mol. The van der Waals surface area contributed by atoms with E-state index in [0.29, 0.717) is 24.1 Å². The molecule has 2 rings (SSSR count). The maximum atomic E-state index is 13.9. The number of halogens is 2. The highest BCUT2D eigenvalue weighted by Gasteiger charge is 2.34. The molecule has 0 aliphatic carbocycles. The molecule has 1 aromatic carbocycles. The van der Waals surface area contributed by atoms with Gasteiger partial charge in [-0.2, -0.15) is 0 Å². The monoisotopic (exact) mass is 296 g/mol. The quantitative estimate of drug-likeness (QED) is 0.914. The fraction of sp³-hybridized carbons (Fsp3) is 0.647. The van der Waals surface area contributed by atoms with Crippen LogP contribution in [0.1, 0.15) is 39.7 Å².